The van der Waals surface area contributed by atoms with Gasteiger partial charge in [0.15, 0.2) is 9.84 Å². The molecule has 1 aliphatic heterocycles. The Bertz CT molecular complexity index is 1020. The SMILES string of the molecule is CC(=O)N1CCc2cc(Br)c(S(=O)(=O)CC(=O)Nc3ccc(Cl)cc3)cc21. The number of hydrogen-bond acceptors (Lipinski definition) is 4. The molecule has 0 atom stereocenters. The van der Waals surface area contributed by atoms with Crippen molar-refractivity contribution in [2.75, 3.05) is 22.5 Å². The molecule has 27 heavy (non-hydrogen) atoms. The number of nitrogens with one attached hydrogen (secondary N) is 1. The maximum Gasteiger partial charge on any atom is 0.239 e. The number of sulfone groups is 1. The predicted molar refractivity (Wildman–Crippen MR) is 108 cm³/mol. The number of amides is 2. The van der Waals surface area contributed by atoms with Crippen LogP contribution in [0.1, 0.15) is 12.5 Å². The molecule has 0 radical (unpaired) electrons. The summed E-state index contributed by atoms with van der Waals surface area (Å²) in [5.74, 6) is -1.53. The number of nitrogens with zero attached hydrogens (tertiary/aromatic N) is 1. The van der Waals surface area contributed by atoms with E-state index in [1.165, 1.54) is 17.9 Å². The molecule has 0 saturated heterocycles. The van der Waals surface area contributed by atoms with Crippen LogP contribution in [0.4, 0.5) is 11.4 Å². The van der Waals surface area contributed by atoms with Crippen molar-refractivity contribution in [3.8, 4) is 0 Å². The molecule has 2 aromatic rings. The number of hydrogen-bond donors (Lipinski definition) is 1. The first-order valence-electron chi connectivity index (χ1n) is 8.06. The van der Waals surface area contributed by atoms with Crippen molar-refractivity contribution in [1.29, 1.82) is 0 Å². The molecular weight excluding hydrogens is 456 g/mol. The Balaban J connectivity index is 1.84. The zero-order valence-corrected chi connectivity index (χ0v) is 17.5. The summed E-state index contributed by atoms with van der Waals surface area (Å²) in [7, 11) is -3.91. The molecule has 6 nitrogen and oxygen atoms in total. The van der Waals surface area contributed by atoms with Crippen molar-refractivity contribution in [3.05, 3.63) is 51.5 Å². The predicted octanol–water partition coefficient (Wildman–Crippen LogP) is 3.42. The lowest BCUT2D eigenvalue weighted by atomic mass is 10.2. The minimum atomic E-state index is -3.91. The van der Waals surface area contributed by atoms with Gasteiger partial charge in [0.2, 0.25) is 11.8 Å². The third-order valence-corrected chi connectivity index (χ3v) is 7.01. The van der Waals surface area contributed by atoms with Gasteiger partial charge in [-0.25, -0.2) is 8.42 Å². The molecule has 142 valence electrons. The topological polar surface area (TPSA) is 83.6 Å². The molecule has 9 heteroatoms. The molecule has 1 heterocycles. The maximum atomic E-state index is 12.8. The van der Waals surface area contributed by atoms with Gasteiger partial charge in [-0.2, -0.15) is 0 Å². The molecule has 0 spiro atoms. The number of carbonyl (C=O) groups is 2. The zero-order valence-electron chi connectivity index (χ0n) is 14.3. The second kappa shape index (κ2) is 7.61. The third-order valence-electron chi connectivity index (χ3n) is 4.19. The van der Waals surface area contributed by atoms with E-state index in [9.17, 15) is 18.0 Å². The normalized spacial score (nSPS) is 13.4. The van der Waals surface area contributed by atoms with E-state index in [1.807, 2.05) is 0 Å². The fourth-order valence-corrected chi connectivity index (χ4v) is 5.41. The van der Waals surface area contributed by atoms with Gasteiger partial charge < -0.3 is 10.2 Å². The quantitative estimate of drug-likeness (QED) is 0.740. The summed E-state index contributed by atoms with van der Waals surface area (Å²) < 4.78 is 25.9. The van der Waals surface area contributed by atoms with Crippen LogP contribution in [0.25, 0.3) is 0 Å². The van der Waals surface area contributed by atoms with Gasteiger partial charge in [0, 0.05) is 34.3 Å². The Morgan fingerprint density at radius 2 is 1.89 bits per heavy atom. The average Bonchev–Trinajstić information content (AvgIpc) is 2.98. The fourth-order valence-electron chi connectivity index (χ4n) is 2.93. The van der Waals surface area contributed by atoms with E-state index in [1.54, 1.807) is 30.3 Å². The highest BCUT2D eigenvalue weighted by atomic mass is 79.9. The molecule has 1 aliphatic rings. The van der Waals surface area contributed by atoms with Gasteiger partial charge in [-0.1, -0.05) is 11.6 Å². The molecule has 0 unspecified atom stereocenters. The van der Waals surface area contributed by atoms with Crippen LogP contribution >= 0.6 is 27.5 Å². The van der Waals surface area contributed by atoms with E-state index in [2.05, 4.69) is 21.2 Å². The highest BCUT2D eigenvalue weighted by molar-refractivity contribution is 9.10. The second-order valence-electron chi connectivity index (χ2n) is 6.15. The molecule has 3 rings (SSSR count). The summed E-state index contributed by atoms with van der Waals surface area (Å²) in [6.07, 6.45) is 0.658. The van der Waals surface area contributed by atoms with Gasteiger partial charge in [-0.15, -0.1) is 0 Å². The van der Waals surface area contributed by atoms with E-state index in [0.29, 0.717) is 33.8 Å². The summed E-state index contributed by atoms with van der Waals surface area (Å²) in [6.45, 7) is 1.95. The lowest BCUT2D eigenvalue weighted by molar-refractivity contribution is -0.116. The highest BCUT2D eigenvalue weighted by Gasteiger charge is 2.28. The van der Waals surface area contributed by atoms with E-state index in [0.717, 1.165) is 5.56 Å². The molecule has 0 fully saturated rings. The van der Waals surface area contributed by atoms with Crippen LogP contribution in [-0.2, 0) is 25.8 Å². The third kappa shape index (κ3) is 4.34. The Labute approximate surface area is 170 Å². The lowest BCUT2D eigenvalue weighted by Crippen LogP contribution is -2.26. The van der Waals surface area contributed by atoms with Gasteiger partial charge >= 0.3 is 0 Å². The number of benzene rings is 2. The summed E-state index contributed by atoms with van der Waals surface area (Å²) in [5, 5.41) is 3.05. The Morgan fingerprint density at radius 1 is 1.22 bits per heavy atom. The molecule has 2 aromatic carbocycles. The molecule has 0 bridgehead atoms. The van der Waals surface area contributed by atoms with Gasteiger partial charge in [-0.3, -0.25) is 9.59 Å². The van der Waals surface area contributed by atoms with Crippen LogP contribution in [0.2, 0.25) is 5.02 Å². The Hall–Kier alpha value is -1.90. The first kappa shape index (κ1) is 19.9. The summed E-state index contributed by atoms with van der Waals surface area (Å²) in [5.41, 5.74) is 1.92. The summed E-state index contributed by atoms with van der Waals surface area (Å²) >= 11 is 9.07. The minimum Gasteiger partial charge on any atom is -0.325 e. The van der Waals surface area contributed by atoms with E-state index < -0.39 is 21.5 Å². The molecule has 2 amide bonds. The van der Waals surface area contributed by atoms with Crippen molar-refractivity contribution in [1.82, 2.24) is 0 Å². The first-order valence-corrected chi connectivity index (χ1v) is 10.9. The fraction of sp³-hybridized carbons (Fsp3) is 0.222. The Kier molecular flexibility index (Phi) is 5.60. The first-order chi connectivity index (χ1) is 12.7. The van der Waals surface area contributed by atoms with Crippen LogP contribution in [0.3, 0.4) is 0 Å². The van der Waals surface area contributed by atoms with Crippen LogP contribution < -0.4 is 10.2 Å². The summed E-state index contributed by atoms with van der Waals surface area (Å²) in [4.78, 5) is 25.5. The highest BCUT2D eigenvalue weighted by Crippen LogP contribution is 2.35. The number of rotatable bonds is 4. The van der Waals surface area contributed by atoms with Crippen LogP contribution in [0.5, 0.6) is 0 Å². The second-order valence-corrected chi connectivity index (χ2v) is 9.39. The number of fused-ring (bicyclic) bond motifs is 1. The van der Waals surface area contributed by atoms with Gasteiger partial charge in [-0.05, 0) is 64.3 Å². The monoisotopic (exact) mass is 470 g/mol. The minimum absolute atomic E-state index is 0.0133. The molecule has 0 aromatic heterocycles. The zero-order chi connectivity index (χ0) is 19.8. The standard InChI is InChI=1S/C18H16BrClN2O4S/c1-11(23)22-7-6-12-8-15(19)17(9-16(12)22)27(25,26)10-18(24)21-14-4-2-13(20)3-5-14/h2-5,8-9H,6-7,10H2,1H3,(H,21,24). The van der Waals surface area contributed by atoms with Crippen LogP contribution in [0, 0.1) is 0 Å². The van der Waals surface area contributed by atoms with E-state index in [4.69, 9.17) is 11.6 Å². The molecule has 1 N–H and O–H groups in total. The van der Waals surface area contributed by atoms with Crippen molar-refractivity contribution < 1.29 is 18.0 Å². The number of halogens is 2. The summed E-state index contributed by atoms with van der Waals surface area (Å²) in [6, 6.07) is 9.52. The van der Waals surface area contributed by atoms with Gasteiger partial charge in [0.1, 0.15) is 5.75 Å². The maximum absolute atomic E-state index is 12.8. The average molecular weight is 472 g/mol. The van der Waals surface area contributed by atoms with Gasteiger partial charge in [0.25, 0.3) is 0 Å². The van der Waals surface area contributed by atoms with Crippen LogP contribution in [0.15, 0.2) is 45.8 Å². The smallest absolute Gasteiger partial charge is 0.239 e. The van der Waals surface area contributed by atoms with Crippen molar-refractivity contribution >= 4 is 60.6 Å². The van der Waals surface area contributed by atoms with Crippen LogP contribution in [-0.4, -0.2) is 32.5 Å². The molecule has 0 aliphatic carbocycles. The van der Waals surface area contributed by atoms with Crippen molar-refractivity contribution in [2.24, 2.45) is 0 Å². The molecule has 0 saturated carbocycles. The van der Waals surface area contributed by atoms with E-state index in [-0.39, 0.29) is 10.8 Å². The van der Waals surface area contributed by atoms with Crippen molar-refractivity contribution in [3.63, 3.8) is 0 Å². The van der Waals surface area contributed by atoms with E-state index >= 15 is 0 Å². The number of carbonyl (C=O) groups excluding carboxylic acids is 2. The van der Waals surface area contributed by atoms with Crippen molar-refractivity contribution in [2.45, 2.75) is 18.2 Å². The largest absolute Gasteiger partial charge is 0.325 e. The molecular formula is C18H16BrClN2O4S. The number of anilines is 2. The Morgan fingerprint density at radius 3 is 2.52 bits per heavy atom. The van der Waals surface area contributed by atoms with Gasteiger partial charge in [0.05, 0.1) is 4.90 Å². The lowest BCUT2D eigenvalue weighted by Gasteiger charge is -2.16.